The van der Waals surface area contributed by atoms with Gasteiger partial charge >= 0.3 is 0 Å². The van der Waals surface area contributed by atoms with Crippen molar-refractivity contribution in [3.63, 3.8) is 0 Å². The molecule has 3 rings (SSSR count). The predicted molar refractivity (Wildman–Crippen MR) is 78.3 cm³/mol. The number of hydrogen-bond acceptors (Lipinski definition) is 5. The molecule has 6 N–H and O–H groups in total. The van der Waals surface area contributed by atoms with E-state index in [2.05, 4.69) is 10.3 Å². The van der Waals surface area contributed by atoms with Gasteiger partial charge in [-0.25, -0.2) is 0 Å². The summed E-state index contributed by atoms with van der Waals surface area (Å²) in [6, 6.07) is 9.12. The first-order valence-electron chi connectivity index (χ1n) is 6.31. The SMILES string of the molecule is Oc1ccc(NC(O)c2cc(O)c3[nH]ccc3c2)cc1O. The highest BCUT2D eigenvalue weighted by Crippen LogP contribution is 2.31. The molecule has 0 saturated carbocycles. The number of nitrogens with one attached hydrogen (secondary N) is 2. The molecule has 1 aromatic heterocycles. The van der Waals surface area contributed by atoms with E-state index in [9.17, 15) is 20.4 Å². The topological polar surface area (TPSA) is 109 Å². The number of aromatic hydroxyl groups is 3. The van der Waals surface area contributed by atoms with E-state index in [4.69, 9.17) is 0 Å². The molecule has 1 atom stereocenters. The fourth-order valence-electron chi connectivity index (χ4n) is 2.19. The van der Waals surface area contributed by atoms with Crippen molar-refractivity contribution in [1.82, 2.24) is 4.98 Å². The number of anilines is 1. The largest absolute Gasteiger partial charge is 0.506 e. The summed E-state index contributed by atoms with van der Waals surface area (Å²) < 4.78 is 0. The molecule has 21 heavy (non-hydrogen) atoms. The minimum atomic E-state index is -1.07. The fraction of sp³-hybridized carbons (Fsp3) is 0.0667. The second-order valence-electron chi connectivity index (χ2n) is 4.73. The number of aliphatic hydroxyl groups excluding tert-OH is 1. The number of benzene rings is 2. The molecule has 108 valence electrons. The van der Waals surface area contributed by atoms with Gasteiger partial charge in [-0.2, -0.15) is 0 Å². The van der Waals surface area contributed by atoms with Gasteiger partial charge in [0.1, 0.15) is 5.75 Å². The summed E-state index contributed by atoms with van der Waals surface area (Å²) in [5.41, 5.74) is 1.52. The molecule has 0 aliphatic rings. The van der Waals surface area contributed by atoms with Crippen LogP contribution in [0.4, 0.5) is 5.69 Å². The van der Waals surface area contributed by atoms with Gasteiger partial charge in [-0.1, -0.05) is 0 Å². The Bertz CT molecular complexity index is 797. The Hall–Kier alpha value is -2.86. The van der Waals surface area contributed by atoms with Gasteiger partial charge in [0.2, 0.25) is 0 Å². The highest BCUT2D eigenvalue weighted by molar-refractivity contribution is 5.85. The van der Waals surface area contributed by atoms with Crippen molar-refractivity contribution in [2.45, 2.75) is 6.23 Å². The molecule has 6 nitrogen and oxygen atoms in total. The molecule has 6 heteroatoms. The molecule has 1 heterocycles. The Morgan fingerprint density at radius 1 is 0.905 bits per heavy atom. The number of rotatable bonds is 3. The summed E-state index contributed by atoms with van der Waals surface area (Å²) in [5.74, 6) is -0.473. The first-order valence-corrected chi connectivity index (χ1v) is 6.31. The van der Waals surface area contributed by atoms with E-state index in [-0.39, 0.29) is 17.2 Å². The van der Waals surface area contributed by atoms with Crippen LogP contribution in [0.5, 0.6) is 17.2 Å². The number of fused-ring (bicyclic) bond motifs is 1. The third-order valence-corrected chi connectivity index (χ3v) is 3.26. The Balaban J connectivity index is 1.89. The summed E-state index contributed by atoms with van der Waals surface area (Å²) in [7, 11) is 0. The van der Waals surface area contributed by atoms with E-state index in [0.29, 0.717) is 16.8 Å². The molecule has 0 aliphatic carbocycles. The standard InChI is InChI=1S/C15H14N2O4/c18-11-2-1-10(7-12(11)19)17-15(21)9-5-8-3-4-16-14(8)13(20)6-9/h1-7,15-21H. The average molecular weight is 286 g/mol. The van der Waals surface area contributed by atoms with E-state index in [0.717, 1.165) is 5.39 Å². The number of H-pyrrole nitrogens is 1. The Kier molecular flexibility index (Phi) is 3.08. The second kappa shape index (κ2) is 4.92. The van der Waals surface area contributed by atoms with Crippen molar-refractivity contribution in [3.05, 3.63) is 48.2 Å². The zero-order chi connectivity index (χ0) is 15.0. The first kappa shape index (κ1) is 13.1. The maximum absolute atomic E-state index is 10.2. The molecular weight excluding hydrogens is 272 g/mol. The molecule has 0 bridgehead atoms. The predicted octanol–water partition coefficient (Wildman–Crippen LogP) is 2.39. The summed E-state index contributed by atoms with van der Waals surface area (Å²) in [4.78, 5) is 2.90. The lowest BCUT2D eigenvalue weighted by atomic mass is 10.1. The van der Waals surface area contributed by atoms with Gasteiger partial charge in [-0.3, -0.25) is 0 Å². The molecule has 0 spiro atoms. The Morgan fingerprint density at radius 3 is 2.48 bits per heavy atom. The summed E-state index contributed by atoms with van der Waals surface area (Å²) in [6.07, 6.45) is 0.630. The van der Waals surface area contributed by atoms with Crippen LogP contribution in [0.15, 0.2) is 42.6 Å². The third kappa shape index (κ3) is 2.44. The normalized spacial score (nSPS) is 12.4. The Morgan fingerprint density at radius 2 is 1.71 bits per heavy atom. The maximum atomic E-state index is 10.2. The van der Waals surface area contributed by atoms with Crippen molar-refractivity contribution >= 4 is 16.6 Å². The average Bonchev–Trinajstić information content (AvgIpc) is 2.92. The highest BCUT2D eigenvalue weighted by atomic mass is 16.3. The van der Waals surface area contributed by atoms with Gasteiger partial charge in [0.15, 0.2) is 17.7 Å². The lowest BCUT2D eigenvalue weighted by Crippen LogP contribution is -2.09. The number of aliphatic hydroxyl groups is 1. The van der Waals surface area contributed by atoms with Crippen LogP contribution in [0.3, 0.4) is 0 Å². The third-order valence-electron chi connectivity index (χ3n) is 3.26. The van der Waals surface area contributed by atoms with Crippen molar-refractivity contribution in [1.29, 1.82) is 0 Å². The van der Waals surface area contributed by atoms with Crippen molar-refractivity contribution < 1.29 is 20.4 Å². The zero-order valence-electron chi connectivity index (χ0n) is 10.9. The fourth-order valence-corrected chi connectivity index (χ4v) is 2.19. The van der Waals surface area contributed by atoms with E-state index >= 15 is 0 Å². The van der Waals surface area contributed by atoms with Gasteiger partial charge in [0, 0.05) is 28.9 Å². The van der Waals surface area contributed by atoms with Gasteiger partial charge in [0.25, 0.3) is 0 Å². The minimum absolute atomic E-state index is 0.0434. The molecule has 3 aromatic rings. The monoisotopic (exact) mass is 286 g/mol. The number of aromatic nitrogens is 1. The summed E-state index contributed by atoms with van der Waals surface area (Å²) >= 11 is 0. The van der Waals surface area contributed by atoms with Crippen LogP contribution < -0.4 is 5.32 Å². The lowest BCUT2D eigenvalue weighted by Gasteiger charge is -2.15. The zero-order valence-corrected chi connectivity index (χ0v) is 10.9. The number of aromatic amines is 1. The van der Waals surface area contributed by atoms with E-state index in [1.807, 2.05) is 0 Å². The summed E-state index contributed by atoms with van der Waals surface area (Å²) in [6.45, 7) is 0. The van der Waals surface area contributed by atoms with Crippen LogP contribution in [0.1, 0.15) is 11.8 Å². The van der Waals surface area contributed by atoms with Crippen LogP contribution in [-0.2, 0) is 0 Å². The van der Waals surface area contributed by atoms with Gasteiger partial charge in [0.05, 0.1) is 5.52 Å². The molecule has 0 saturated heterocycles. The summed E-state index contributed by atoms with van der Waals surface area (Å²) in [5, 5.41) is 42.3. The smallest absolute Gasteiger partial charge is 0.159 e. The molecule has 2 aromatic carbocycles. The van der Waals surface area contributed by atoms with E-state index < -0.39 is 6.23 Å². The van der Waals surface area contributed by atoms with Crippen molar-refractivity contribution in [2.24, 2.45) is 0 Å². The number of phenols is 3. The van der Waals surface area contributed by atoms with E-state index in [1.54, 1.807) is 18.3 Å². The lowest BCUT2D eigenvalue weighted by molar-refractivity contribution is 0.208. The second-order valence-corrected chi connectivity index (χ2v) is 4.73. The maximum Gasteiger partial charge on any atom is 0.159 e. The van der Waals surface area contributed by atoms with Gasteiger partial charge < -0.3 is 30.7 Å². The quantitative estimate of drug-likeness (QED) is 0.252. The van der Waals surface area contributed by atoms with Gasteiger partial charge in [-0.05, 0) is 30.3 Å². The first-order chi connectivity index (χ1) is 10.0. The van der Waals surface area contributed by atoms with Crippen LogP contribution in [0.2, 0.25) is 0 Å². The van der Waals surface area contributed by atoms with Crippen LogP contribution in [0.25, 0.3) is 10.9 Å². The van der Waals surface area contributed by atoms with Crippen LogP contribution in [-0.4, -0.2) is 25.4 Å². The van der Waals surface area contributed by atoms with Crippen LogP contribution in [0, 0.1) is 0 Å². The van der Waals surface area contributed by atoms with Crippen molar-refractivity contribution in [2.75, 3.05) is 5.32 Å². The minimum Gasteiger partial charge on any atom is -0.506 e. The highest BCUT2D eigenvalue weighted by Gasteiger charge is 2.12. The molecule has 0 radical (unpaired) electrons. The van der Waals surface area contributed by atoms with Gasteiger partial charge in [-0.15, -0.1) is 0 Å². The van der Waals surface area contributed by atoms with Crippen molar-refractivity contribution in [3.8, 4) is 17.2 Å². The molecule has 1 unspecified atom stereocenters. The number of phenolic OH excluding ortho intramolecular Hbond substituents is 3. The molecular formula is C15H14N2O4. The van der Waals surface area contributed by atoms with E-state index in [1.165, 1.54) is 24.3 Å². The van der Waals surface area contributed by atoms with Crippen LogP contribution >= 0.6 is 0 Å². The number of hydrogen-bond donors (Lipinski definition) is 6. The Labute approximate surface area is 119 Å². The molecule has 0 amide bonds. The molecule has 0 fully saturated rings. The molecule has 0 aliphatic heterocycles.